The second kappa shape index (κ2) is 6.11. The summed E-state index contributed by atoms with van der Waals surface area (Å²) in [6.07, 6.45) is 0. The average molecular weight is 265 g/mol. The molecular weight excluding hydrogens is 248 g/mol. The van der Waals surface area contributed by atoms with Gasteiger partial charge in [-0.1, -0.05) is 12.1 Å². The summed E-state index contributed by atoms with van der Waals surface area (Å²) in [6, 6.07) is 8.15. The molecule has 5 heteroatoms. The SMILES string of the molecule is COc1ccc(C2CSC[CH]N2NC(C)=O)cc1. The van der Waals surface area contributed by atoms with Crippen molar-refractivity contribution in [3.63, 3.8) is 0 Å². The summed E-state index contributed by atoms with van der Waals surface area (Å²) in [7, 11) is 1.66. The first-order valence-electron chi connectivity index (χ1n) is 5.81. The smallest absolute Gasteiger partial charge is 0.231 e. The monoisotopic (exact) mass is 265 g/mol. The molecule has 0 spiro atoms. The van der Waals surface area contributed by atoms with Gasteiger partial charge < -0.3 is 4.74 Å². The predicted molar refractivity (Wildman–Crippen MR) is 73.0 cm³/mol. The number of carbonyl (C=O) groups excluding carboxylic acids is 1. The Balaban J connectivity index is 2.13. The highest BCUT2D eigenvalue weighted by Gasteiger charge is 2.25. The lowest BCUT2D eigenvalue weighted by Gasteiger charge is -2.34. The van der Waals surface area contributed by atoms with Gasteiger partial charge in [-0.25, -0.2) is 5.01 Å². The van der Waals surface area contributed by atoms with Gasteiger partial charge in [-0.15, -0.1) is 0 Å². The van der Waals surface area contributed by atoms with Crippen LogP contribution in [0.1, 0.15) is 18.5 Å². The molecule has 1 heterocycles. The van der Waals surface area contributed by atoms with E-state index in [1.165, 1.54) is 12.5 Å². The Morgan fingerprint density at radius 3 is 2.78 bits per heavy atom. The molecule has 1 fully saturated rings. The largest absolute Gasteiger partial charge is 0.497 e. The Morgan fingerprint density at radius 2 is 2.17 bits per heavy atom. The number of carbonyl (C=O) groups is 1. The van der Waals surface area contributed by atoms with Crippen molar-refractivity contribution < 1.29 is 9.53 Å². The Bertz CT molecular complexity index is 408. The molecule has 0 aliphatic carbocycles. The van der Waals surface area contributed by atoms with Gasteiger partial charge in [0, 0.05) is 18.4 Å². The standard InChI is InChI=1S/C13H17N2O2S/c1-10(16)14-15-7-8-18-9-13(15)11-3-5-12(17-2)6-4-11/h3-7,13H,8-9H2,1-2H3,(H,14,16). The molecule has 2 rings (SSSR count). The first-order chi connectivity index (χ1) is 8.70. The fourth-order valence-electron chi connectivity index (χ4n) is 1.91. The Hall–Kier alpha value is -1.20. The highest BCUT2D eigenvalue weighted by Crippen LogP contribution is 2.30. The molecule has 1 N–H and O–H groups in total. The van der Waals surface area contributed by atoms with Gasteiger partial charge in [0.15, 0.2) is 0 Å². The minimum Gasteiger partial charge on any atom is -0.497 e. The van der Waals surface area contributed by atoms with Crippen molar-refractivity contribution in [2.24, 2.45) is 0 Å². The third kappa shape index (κ3) is 3.17. The number of hydrogen-bond acceptors (Lipinski definition) is 4. The van der Waals surface area contributed by atoms with Crippen LogP contribution in [0.4, 0.5) is 0 Å². The number of rotatable bonds is 3. The summed E-state index contributed by atoms with van der Waals surface area (Å²) in [5.74, 6) is 2.68. The third-order valence-electron chi connectivity index (χ3n) is 2.79. The van der Waals surface area contributed by atoms with Crippen LogP contribution in [0.25, 0.3) is 0 Å². The fraction of sp³-hybridized carbons (Fsp3) is 0.385. The number of benzene rings is 1. The zero-order valence-electron chi connectivity index (χ0n) is 10.6. The lowest BCUT2D eigenvalue weighted by molar-refractivity contribution is -0.123. The van der Waals surface area contributed by atoms with Crippen LogP contribution < -0.4 is 10.2 Å². The van der Waals surface area contributed by atoms with E-state index in [-0.39, 0.29) is 11.9 Å². The van der Waals surface area contributed by atoms with Gasteiger partial charge in [0.05, 0.1) is 19.7 Å². The van der Waals surface area contributed by atoms with Gasteiger partial charge in [-0.05, 0) is 17.7 Å². The summed E-state index contributed by atoms with van der Waals surface area (Å²) in [4.78, 5) is 11.2. The maximum absolute atomic E-state index is 11.2. The molecule has 1 aliphatic heterocycles. The average Bonchev–Trinajstić information content (AvgIpc) is 2.39. The molecule has 1 aromatic rings. The van der Waals surface area contributed by atoms with E-state index in [0.29, 0.717) is 0 Å². The third-order valence-corrected chi connectivity index (χ3v) is 3.72. The van der Waals surface area contributed by atoms with Crippen molar-refractivity contribution in [2.45, 2.75) is 13.0 Å². The van der Waals surface area contributed by atoms with Crippen molar-refractivity contribution >= 4 is 17.7 Å². The molecule has 1 unspecified atom stereocenters. The molecule has 1 aliphatic rings. The first-order valence-corrected chi connectivity index (χ1v) is 6.97. The Labute approximate surface area is 112 Å². The van der Waals surface area contributed by atoms with E-state index in [1.54, 1.807) is 7.11 Å². The minimum atomic E-state index is -0.0448. The summed E-state index contributed by atoms with van der Waals surface area (Å²) >= 11 is 1.86. The molecule has 1 aromatic carbocycles. The van der Waals surface area contributed by atoms with E-state index in [9.17, 15) is 4.79 Å². The number of nitrogens with zero attached hydrogens (tertiary/aromatic N) is 1. The van der Waals surface area contributed by atoms with Crippen LogP contribution in [0.2, 0.25) is 0 Å². The van der Waals surface area contributed by atoms with E-state index < -0.39 is 0 Å². The number of nitrogens with one attached hydrogen (secondary N) is 1. The second-order valence-corrected chi connectivity index (χ2v) is 5.16. The molecular formula is C13H17N2O2S. The van der Waals surface area contributed by atoms with Crippen molar-refractivity contribution in [3.05, 3.63) is 36.4 Å². The lowest BCUT2D eigenvalue weighted by atomic mass is 10.1. The van der Waals surface area contributed by atoms with Gasteiger partial charge in [0.2, 0.25) is 5.91 Å². The number of hydrogen-bond donors (Lipinski definition) is 1. The topological polar surface area (TPSA) is 41.6 Å². The fourth-order valence-corrected chi connectivity index (χ4v) is 2.89. The van der Waals surface area contributed by atoms with Gasteiger partial charge >= 0.3 is 0 Å². The van der Waals surface area contributed by atoms with E-state index in [4.69, 9.17) is 4.74 Å². The zero-order valence-corrected chi connectivity index (χ0v) is 11.4. The zero-order chi connectivity index (χ0) is 13.0. The molecule has 0 bridgehead atoms. The highest BCUT2D eigenvalue weighted by atomic mass is 32.2. The number of thioether (sulfide) groups is 1. The van der Waals surface area contributed by atoms with Crippen molar-refractivity contribution in [1.29, 1.82) is 0 Å². The van der Waals surface area contributed by atoms with E-state index in [2.05, 4.69) is 5.43 Å². The number of ether oxygens (including phenoxy) is 1. The van der Waals surface area contributed by atoms with Crippen LogP contribution in [0, 0.1) is 6.54 Å². The Kier molecular flexibility index (Phi) is 4.49. The van der Waals surface area contributed by atoms with Crippen LogP contribution in [0.15, 0.2) is 24.3 Å². The van der Waals surface area contributed by atoms with E-state index in [0.717, 1.165) is 17.3 Å². The second-order valence-electron chi connectivity index (χ2n) is 4.08. The predicted octanol–water partition coefficient (Wildman–Crippen LogP) is 2.00. The highest BCUT2D eigenvalue weighted by molar-refractivity contribution is 7.99. The molecule has 4 nitrogen and oxygen atoms in total. The molecule has 0 saturated carbocycles. The summed E-state index contributed by atoms with van der Waals surface area (Å²) in [6.45, 7) is 3.55. The van der Waals surface area contributed by atoms with Gasteiger partial charge in [-0.3, -0.25) is 10.2 Å². The van der Waals surface area contributed by atoms with Crippen LogP contribution in [0.5, 0.6) is 5.75 Å². The maximum Gasteiger partial charge on any atom is 0.231 e. The molecule has 18 heavy (non-hydrogen) atoms. The van der Waals surface area contributed by atoms with Gasteiger partial charge in [0.25, 0.3) is 0 Å². The van der Waals surface area contributed by atoms with Crippen LogP contribution in [-0.4, -0.2) is 29.5 Å². The van der Waals surface area contributed by atoms with Crippen LogP contribution in [0.3, 0.4) is 0 Å². The van der Waals surface area contributed by atoms with Crippen molar-refractivity contribution in [2.75, 3.05) is 18.6 Å². The number of amides is 1. The molecule has 97 valence electrons. The maximum atomic E-state index is 11.2. The molecule has 1 amide bonds. The summed E-state index contributed by atoms with van der Waals surface area (Å²) in [5, 5.41) is 1.90. The van der Waals surface area contributed by atoms with Gasteiger partial charge in [-0.2, -0.15) is 11.8 Å². The summed E-state index contributed by atoms with van der Waals surface area (Å²) in [5.41, 5.74) is 4.03. The van der Waals surface area contributed by atoms with Crippen molar-refractivity contribution in [3.8, 4) is 5.75 Å². The number of methoxy groups -OCH3 is 1. The van der Waals surface area contributed by atoms with Crippen LogP contribution in [-0.2, 0) is 4.79 Å². The quantitative estimate of drug-likeness (QED) is 0.907. The first kappa shape index (κ1) is 13.2. The molecule has 1 atom stereocenters. The molecule has 0 aromatic heterocycles. The van der Waals surface area contributed by atoms with E-state index >= 15 is 0 Å². The van der Waals surface area contributed by atoms with Gasteiger partial charge in [0.1, 0.15) is 5.75 Å². The van der Waals surface area contributed by atoms with Crippen LogP contribution >= 0.6 is 11.8 Å². The summed E-state index contributed by atoms with van der Waals surface area (Å²) < 4.78 is 5.15. The molecule has 1 radical (unpaired) electrons. The Morgan fingerprint density at radius 1 is 1.44 bits per heavy atom. The minimum absolute atomic E-state index is 0.0448. The lowest BCUT2D eigenvalue weighted by Crippen LogP contribution is -2.45. The normalized spacial score (nSPS) is 20.4. The van der Waals surface area contributed by atoms with E-state index in [1.807, 2.05) is 47.6 Å². The van der Waals surface area contributed by atoms with Crippen molar-refractivity contribution in [1.82, 2.24) is 10.4 Å². The number of hydrazine groups is 1. The molecule has 1 saturated heterocycles.